The number of hydrogen-bond acceptors (Lipinski definition) is 3. The number of urea groups is 1. The van der Waals surface area contributed by atoms with Gasteiger partial charge < -0.3 is 20.2 Å². The van der Waals surface area contributed by atoms with Crippen LogP contribution < -0.4 is 10.6 Å². The molecule has 1 aliphatic heterocycles. The van der Waals surface area contributed by atoms with E-state index in [1.807, 2.05) is 0 Å². The maximum atomic E-state index is 11.1. The van der Waals surface area contributed by atoms with Gasteiger partial charge in [0.05, 0.1) is 6.26 Å². The number of amides is 2. The molecule has 1 atom stereocenters. The lowest BCUT2D eigenvalue weighted by Crippen LogP contribution is -2.43. The molecule has 0 radical (unpaired) electrons. The van der Waals surface area contributed by atoms with E-state index < -0.39 is 18.0 Å². The number of rotatable bonds is 2. The van der Waals surface area contributed by atoms with Crippen LogP contribution in [-0.2, 0) is 4.79 Å². The van der Waals surface area contributed by atoms with Gasteiger partial charge in [-0.1, -0.05) is 0 Å². The standard InChI is InChI=1S/C9H8N2O4/c12-8(13)6-4-5(10-9(14)11-6)7-2-1-3-15-7/h1-5H,(H,12,13)(H2,10,11,14). The Kier molecular flexibility index (Phi) is 2.17. The highest BCUT2D eigenvalue weighted by molar-refractivity contribution is 5.93. The summed E-state index contributed by atoms with van der Waals surface area (Å²) in [5.41, 5.74) is -0.153. The number of carbonyl (C=O) groups is 2. The molecule has 0 spiro atoms. The van der Waals surface area contributed by atoms with Gasteiger partial charge in [-0.15, -0.1) is 0 Å². The van der Waals surface area contributed by atoms with Crippen molar-refractivity contribution in [3.05, 3.63) is 35.9 Å². The fourth-order valence-electron chi connectivity index (χ4n) is 1.30. The molecule has 1 aliphatic rings. The Bertz CT molecular complexity index is 421. The minimum absolute atomic E-state index is 0.153. The number of nitrogens with one attached hydrogen (secondary N) is 2. The summed E-state index contributed by atoms with van der Waals surface area (Å²) in [5, 5.41) is 13.4. The molecule has 0 aromatic carbocycles. The van der Waals surface area contributed by atoms with Crippen LogP contribution in [0, 0.1) is 0 Å². The number of furan rings is 1. The van der Waals surface area contributed by atoms with Crippen molar-refractivity contribution < 1.29 is 19.1 Å². The average molecular weight is 208 g/mol. The maximum Gasteiger partial charge on any atom is 0.352 e. The SMILES string of the molecule is O=C1NC(C(=O)O)=CC(c2ccco2)N1. The van der Waals surface area contributed by atoms with Crippen molar-refractivity contribution in [2.75, 3.05) is 0 Å². The third-order valence-corrected chi connectivity index (χ3v) is 1.95. The summed E-state index contributed by atoms with van der Waals surface area (Å²) >= 11 is 0. The zero-order chi connectivity index (χ0) is 10.8. The van der Waals surface area contributed by atoms with E-state index in [9.17, 15) is 9.59 Å². The highest BCUT2D eigenvalue weighted by atomic mass is 16.4. The highest BCUT2D eigenvalue weighted by Gasteiger charge is 2.24. The van der Waals surface area contributed by atoms with Crippen LogP contribution in [0.5, 0.6) is 0 Å². The predicted molar refractivity (Wildman–Crippen MR) is 48.8 cm³/mol. The molecule has 0 bridgehead atoms. The van der Waals surface area contributed by atoms with E-state index in [1.54, 1.807) is 12.1 Å². The van der Waals surface area contributed by atoms with E-state index in [4.69, 9.17) is 9.52 Å². The molecule has 0 aliphatic carbocycles. The number of hydrogen-bond donors (Lipinski definition) is 3. The molecule has 1 aromatic heterocycles. The molecular weight excluding hydrogens is 200 g/mol. The van der Waals surface area contributed by atoms with Gasteiger partial charge in [-0.2, -0.15) is 0 Å². The Morgan fingerprint density at radius 2 is 2.33 bits per heavy atom. The summed E-state index contributed by atoms with van der Waals surface area (Å²) in [6.45, 7) is 0. The molecule has 6 nitrogen and oxygen atoms in total. The summed E-state index contributed by atoms with van der Waals surface area (Å²) in [7, 11) is 0. The molecule has 0 saturated carbocycles. The van der Waals surface area contributed by atoms with Crippen LogP contribution in [0.3, 0.4) is 0 Å². The molecule has 2 amide bonds. The average Bonchev–Trinajstić information content (AvgIpc) is 2.69. The van der Waals surface area contributed by atoms with Crippen molar-refractivity contribution >= 4 is 12.0 Å². The first-order chi connectivity index (χ1) is 7.16. The second-order valence-corrected chi connectivity index (χ2v) is 2.98. The minimum Gasteiger partial charge on any atom is -0.477 e. The Hall–Kier alpha value is -2.24. The summed E-state index contributed by atoms with van der Waals surface area (Å²) in [5.74, 6) is -0.690. The van der Waals surface area contributed by atoms with Gasteiger partial charge in [-0.3, -0.25) is 0 Å². The molecule has 3 N–H and O–H groups in total. The van der Waals surface area contributed by atoms with E-state index in [-0.39, 0.29) is 5.70 Å². The minimum atomic E-state index is -1.18. The molecule has 2 heterocycles. The number of carbonyl (C=O) groups excluding carboxylic acids is 1. The predicted octanol–water partition coefficient (Wildman–Crippen LogP) is 0.602. The fourth-order valence-corrected chi connectivity index (χ4v) is 1.30. The Labute approximate surface area is 84.6 Å². The number of carboxylic acids is 1. The van der Waals surface area contributed by atoms with Gasteiger partial charge in [0.1, 0.15) is 17.5 Å². The van der Waals surface area contributed by atoms with Gasteiger partial charge in [-0.25, -0.2) is 9.59 Å². The normalized spacial score (nSPS) is 20.1. The smallest absolute Gasteiger partial charge is 0.352 e. The van der Waals surface area contributed by atoms with Crippen molar-refractivity contribution in [1.29, 1.82) is 0 Å². The van der Waals surface area contributed by atoms with Gasteiger partial charge in [0.15, 0.2) is 0 Å². The Balaban J connectivity index is 2.30. The molecular formula is C9H8N2O4. The quantitative estimate of drug-likeness (QED) is 0.663. The molecule has 2 rings (SSSR count). The largest absolute Gasteiger partial charge is 0.477 e. The second-order valence-electron chi connectivity index (χ2n) is 2.98. The van der Waals surface area contributed by atoms with Crippen LogP contribution >= 0.6 is 0 Å². The summed E-state index contributed by atoms with van der Waals surface area (Å²) in [6.07, 6.45) is 2.83. The van der Waals surface area contributed by atoms with E-state index in [0.29, 0.717) is 5.76 Å². The Morgan fingerprint density at radius 1 is 1.53 bits per heavy atom. The first-order valence-electron chi connectivity index (χ1n) is 4.23. The topological polar surface area (TPSA) is 91.6 Å². The van der Waals surface area contributed by atoms with Crippen LogP contribution in [0.25, 0.3) is 0 Å². The van der Waals surface area contributed by atoms with Crippen LogP contribution in [0.4, 0.5) is 4.79 Å². The summed E-state index contributed by atoms with van der Waals surface area (Å²) in [6, 6.07) is 2.22. The third-order valence-electron chi connectivity index (χ3n) is 1.95. The zero-order valence-electron chi connectivity index (χ0n) is 7.56. The lowest BCUT2D eigenvalue weighted by molar-refractivity contribution is -0.133. The summed E-state index contributed by atoms with van der Waals surface area (Å²) in [4.78, 5) is 21.8. The molecule has 0 saturated heterocycles. The highest BCUT2D eigenvalue weighted by Crippen LogP contribution is 2.18. The van der Waals surface area contributed by atoms with Crippen molar-refractivity contribution in [1.82, 2.24) is 10.6 Å². The van der Waals surface area contributed by atoms with Gasteiger partial charge in [0.25, 0.3) is 0 Å². The van der Waals surface area contributed by atoms with Crippen LogP contribution in [0.1, 0.15) is 11.8 Å². The van der Waals surface area contributed by atoms with E-state index >= 15 is 0 Å². The van der Waals surface area contributed by atoms with Gasteiger partial charge in [0, 0.05) is 0 Å². The van der Waals surface area contributed by atoms with Crippen LogP contribution in [0.15, 0.2) is 34.6 Å². The van der Waals surface area contributed by atoms with Gasteiger partial charge in [0.2, 0.25) is 0 Å². The fraction of sp³-hybridized carbons (Fsp3) is 0.111. The van der Waals surface area contributed by atoms with E-state index in [1.165, 1.54) is 12.3 Å². The first-order valence-corrected chi connectivity index (χ1v) is 4.23. The van der Waals surface area contributed by atoms with Gasteiger partial charge in [-0.05, 0) is 18.2 Å². The lowest BCUT2D eigenvalue weighted by Gasteiger charge is -2.19. The monoisotopic (exact) mass is 208 g/mol. The maximum absolute atomic E-state index is 11.1. The molecule has 78 valence electrons. The third kappa shape index (κ3) is 1.83. The molecule has 1 unspecified atom stereocenters. The van der Waals surface area contributed by atoms with Crippen molar-refractivity contribution in [2.45, 2.75) is 6.04 Å². The molecule has 0 fully saturated rings. The number of aliphatic carboxylic acids is 1. The molecule has 15 heavy (non-hydrogen) atoms. The lowest BCUT2D eigenvalue weighted by atomic mass is 10.1. The van der Waals surface area contributed by atoms with E-state index in [2.05, 4.69) is 10.6 Å². The Morgan fingerprint density at radius 3 is 2.93 bits per heavy atom. The van der Waals surface area contributed by atoms with Crippen LogP contribution in [0.2, 0.25) is 0 Å². The first kappa shape index (κ1) is 9.32. The van der Waals surface area contributed by atoms with Gasteiger partial charge >= 0.3 is 12.0 Å². The van der Waals surface area contributed by atoms with E-state index in [0.717, 1.165) is 0 Å². The molecule has 6 heteroatoms. The second kappa shape index (κ2) is 3.49. The van der Waals surface area contributed by atoms with Crippen molar-refractivity contribution in [3.8, 4) is 0 Å². The number of carboxylic acid groups (broad SMARTS) is 1. The van der Waals surface area contributed by atoms with Crippen molar-refractivity contribution in [2.24, 2.45) is 0 Å². The van der Waals surface area contributed by atoms with Crippen molar-refractivity contribution in [3.63, 3.8) is 0 Å². The van der Waals surface area contributed by atoms with Crippen LogP contribution in [-0.4, -0.2) is 17.1 Å². The summed E-state index contributed by atoms with van der Waals surface area (Å²) < 4.78 is 5.07. The molecule has 1 aromatic rings. The zero-order valence-corrected chi connectivity index (χ0v) is 7.56.